The molecule has 0 N–H and O–H groups in total. The quantitative estimate of drug-likeness (QED) is 0.711. The number of hydrogen-bond donors (Lipinski definition) is 0. The van der Waals surface area contributed by atoms with Crippen LogP contribution in [0.15, 0.2) is 0 Å². The predicted octanol–water partition coefficient (Wildman–Crippen LogP) is 3.27. The summed E-state index contributed by atoms with van der Waals surface area (Å²) in [6.07, 6.45) is 0.888. The summed E-state index contributed by atoms with van der Waals surface area (Å²) in [5, 5.41) is 0. The van der Waals surface area contributed by atoms with Crippen LogP contribution in [0.4, 0.5) is 0 Å². The van der Waals surface area contributed by atoms with Crippen molar-refractivity contribution in [1.29, 1.82) is 0 Å². The Morgan fingerprint density at radius 2 is 2.07 bits per heavy atom. The van der Waals surface area contributed by atoms with Crippen LogP contribution in [-0.2, 0) is 13.8 Å². The molecule has 84 valence electrons. The third kappa shape index (κ3) is 2.96. The number of halogens is 1. The van der Waals surface area contributed by atoms with Crippen LogP contribution in [0.1, 0.15) is 27.2 Å². The smallest absolute Gasteiger partial charge is 0.287 e. The Bertz CT molecular complexity index is 240. The van der Waals surface area contributed by atoms with E-state index in [2.05, 4.69) is 0 Å². The molecule has 0 bridgehead atoms. The van der Waals surface area contributed by atoms with E-state index in [1.165, 1.54) is 6.66 Å². The average molecular weight is 241 g/mol. The Hall–Kier alpha value is 0.440. The zero-order valence-electron chi connectivity index (χ0n) is 9.07. The van der Waals surface area contributed by atoms with Crippen LogP contribution < -0.4 is 0 Å². The highest BCUT2D eigenvalue weighted by atomic mass is 35.7. The van der Waals surface area contributed by atoms with Crippen molar-refractivity contribution in [3.63, 3.8) is 0 Å². The molecule has 1 saturated heterocycles. The van der Waals surface area contributed by atoms with Gasteiger partial charge in [0.2, 0.25) is 0 Å². The molecular formula is C9H18ClO3P. The highest BCUT2D eigenvalue weighted by molar-refractivity contribution is 7.84. The van der Waals surface area contributed by atoms with E-state index in [4.69, 9.17) is 20.5 Å². The van der Waals surface area contributed by atoms with E-state index in [0.717, 1.165) is 6.42 Å². The Labute approximate surface area is 90.4 Å². The molecule has 0 radical (unpaired) electrons. The number of rotatable bonds is 3. The maximum Gasteiger partial charge on any atom is 0.287 e. The number of ether oxygens (including phenoxy) is 1. The van der Waals surface area contributed by atoms with Crippen molar-refractivity contribution in [3.05, 3.63) is 0 Å². The van der Waals surface area contributed by atoms with E-state index in [1.807, 2.05) is 20.8 Å². The number of hydrogen-bond acceptors (Lipinski definition) is 3. The van der Waals surface area contributed by atoms with Gasteiger partial charge in [-0.25, -0.2) is 0 Å². The van der Waals surface area contributed by atoms with Crippen molar-refractivity contribution in [3.8, 4) is 0 Å². The van der Waals surface area contributed by atoms with Crippen molar-refractivity contribution in [2.75, 3.05) is 6.66 Å². The second kappa shape index (κ2) is 4.52. The lowest BCUT2D eigenvalue weighted by atomic mass is 9.98. The van der Waals surface area contributed by atoms with E-state index in [-0.39, 0.29) is 24.2 Å². The topological polar surface area (TPSA) is 35.5 Å². The van der Waals surface area contributed by atoms with Gasteiger partial charge in [0.25, 0.3) is 6.72 Å². The molecule has 1 aliphatic rings. The zero-order valence-corrected chi connectivity index (χ0v) is 10.7. The van der Waals surface area contributed by atoms with Crippen molar-refractivity contribution in [1.82, 2.24) is 0 Å². The second-order valence-electron chi connectivity index (χ2n) is 3.96. The normalized spacial score (nSPS) is 42.4. The molecule has 5 atom stereocenters. The Kier molecular flexibility index (Phi) is 4.04. The molecule has 1 fully saturated rings. The minimum absolute atomic E-state index is 0.0204. The molecule has 3 nitrogen and oxygen atoms in total. The summed E-state index contributed by atoms with van der Waals surface area (Å²) < 4.78 is 22.4. The van der Waals surface area contributed by atoms with Crippen LogP contribution >= 0.6 is 18.0 Å². The molecule has 1 rings (SSSR count). The Balaban J connectivity index is 2.69. The fourth-order valence-corrected chi connectivity index (χ4v) is 2.83. The van der Waals surface area contributed by atoms with Gasteiger partial charge >= 0.3 is 0 Å². The van der Waals surface area contributed by atoms with Crippen molar-refractivity contribution < 1.29 is 13.8 Å². The van der Waals surface area contributed by atoms with Crippen molar-refractivity contribution in [2.24, 2.45) is 5.92 Å². The highest BCUT2D eigenvalue weighted by Crippen LogP contribution is 2.52. The monoisotopic (exact) mass is 240 g/mol. The largest absolute Gasteiger partial charge is 0.372 e. The molecule has 1 heterocycles. The van der Waals surface area contributed by atoms with Crippen molar-refractivity contribution in [2.45, 2.75) is 45.5 Å². The molecule has 0 saturated carbocycles. The van der Waals surface area contributed by atoms with E-state index >= 15 is 0 Å². The molecule has 0 aromatic rings. The predicted molar refractivity (Wildman–Crippen MR) is 58.0 cm³/mol. The first-order valence-corrected chi connectivity index (χ1v) is 7.94. The van der Waals surface area contributed by atoms with Crippen LogP contribution in [0, 0.1) is 5.92 Å². The first kappa shape index (κ1) is 12.5. The lowest BCUT2D eigenvalue weighted by Crippen LogP contribution is -2.27. The van der Waals surface area contributed by atoms with Crippen LogP contribution in [0.25, 0.3) is 0 Å². The maximum atomic E-state index is 11.4. The van der Waals surface area contributed by atoms with Gasteiger partial charge in [0.05, 0.1) is 18.3 Å². The summed E-state index contributed by atoms with van der Waals surface area (Å²) in [6.45, 7) is 4.56. The minimum atomic E-state index is -2.94. The van der Waals surface area contributed by atoms with Gasteiger partial charge in [-0.15, -0.1) is 0 Å². The molecular weight excluding hydrogens is 223 g/mol. The average Bonchev–Trinajstić information content (AvgIpc) is 2.30. The summed E-state index contributed by atoms with van der Waals surface area (Å²) in [6, 6.07) is 0. The summed E-state index contributed by atoms with van der Waals surface area (Å²) >= 11 is 5.63. The third-order valence-electron chi connectivity index (χ3n) is 2.73. The van der Waals surface area contributed by atoms with Crippen LogP contribution in [-0.4, -0.2) is 25.0 Å². The van der Waals surface area contributed by atoms with Gasteiger partial charge in [-0.3, -0.25) is 4.57 Å². The standard InChI is InChI=1S/C9H18ClO3P/c1-5-8-9(13-14(4,10)11)6(2)7(3)12-8/h6-9H,5H2,1-4H3. The van der Waals surface area contributed by atoms with E-state index in [9.17, 15) is 4.57 Å². The van der Waals surface area contributed by atoms with E-state index in [1.54, 1.807) is 0 Å². The molecule has 0 aliphatic carbocycles. The van der Waals surface area contributed by atoms with Crippen LogP contribution in [0.5, 0.6) is 0 Å². The first-order valence-electron chi connectivity index (χ1n) is 4.96. The summed E-state index contributed by atoms with van der Waals surface area (Å²) in [5.41, 5.74) is 0. The molecule has 0 aromatic carbocycles. The van der Waals surface area contributed by atoms with Gasteiger partial charge < -0.3 is 9.26 Å². The van der Waals surface area contributed by atoms with Gasteiger partial charge in [0.1, 0.15) is 0 Å². The lowest BCUT2D eigenvalue weighted by Gasteiger charge is -2.21. The molecule has 0 amide bonds. The minimum Gasteiger partial charge on any atom is -0.372 e. The second-order valence-corrected chi connectivity index (χ2v) is 7.51. The molecule has 14 heavy (non-hydrogen) atoms. The summed E-state index contributed by atoms with van der Waals surface area (Å²) in [5.74, 6) is 0.243. The molecule has 5 unspecified atom stereocenters. The maximum absolute atomic E-state index is 11.4. The summed E-state index contributed by atoms with van der Waals surface area (Å²) in [4.78, 5) is 0. The molecule has 0 aromatic heterocycles. The Morgan fingerprint density at radius 3 is 2.50 bits per heavy atom. The summed E-state index contributed by atoms with van der Waals surface area (Å²) in [7, 11) is 0. The molecule has 5 heteroatoms. The van der Waals surface area contributed by atoms with Crippen LogP contribution in [0.3, 0.4) is 0 Å². The fourth-order valence-electron chi connectivity index (χ4n) is 1.79. The molecule has 0 spiro atoms. The lowest BCUT2D eigenvalue weighted by molar-refractivity contribution is 0.0229. The molecule has 1 aliphatic heterocycles. The third-order valence-corrected chi connectivity index (χ3v) is 3.59. The van der Waals surface area contributed by atoms with Gasteiger partial charge in [0.15, 0.2) is 0 Å². The Morgan fingerprint density at radius 1 is 1.50 bits per heavy atom. The first-order chi connectivity index (χ1) is 6.35. The SMILES string of the molecule is CCC1OC(C)C(C)C1OP(C)(=O)Cl. The van der Waals surface area contributed by atoms with Crippen molar-refractivity contribution >= 4 is 18.0 Å². The van der Waals surface area contributed by atoms with Crippen LogP contribution in [0.2, 0.25) is 0 Å². The zero-order chi connectivity index (χ0) is 10.9. The highest BCUT2D eigenvalue weighted by Gasteiger charge is 2.41. The van der Waals surface area contributed by atoms with E-state index < -0.39 is 6.72 Å². The van der Waals surface area contributed by atoms with Gasteiger partial charge in [0, 0.05) is 12.6 Å². The van der Waals surface area contributed by atoms with Gasteiger partial charge in [-0.05, 0) is 24.6 Å². The fraction of sp³-hybridized carbons (Fsp3) is 1.00. The van der Waals surface area contributed by atoms with Gasteiger partial charge in [-0.1, -0.05) is 13.8 Å². The van der Waals surface area contributed by atoms with E-state index in [0.29, 0.717) is 0 Å². The van der Waals surface area contributed by atoms with Gasteiger partial charge in [-0.2, -0.15) is 0 Å².